The van der Waals surface area contributed by atoms with E-state index in [-0.39, 0.29) is 24.0 Å². The molecule has 0 saturated carbocycles. The lowest BCUT2D eigenvalue weighted by molar-refractivity contribution is -0.135. The Bertz CT molecular complexity index is 1320. The van der Waals surface area contributed by atoms with E-state index in [1.807, 2.05) is 35.2 Å². The SMILES string of the molecule is COc1ccc(CCNS(=O)(=O)c2ccc(OCC(=O)N3CCN(Cc4ccccc4)CC3)cc2)cc1OC. The third-order valence-corrected chi connectivity index (χ3v) is 8.10. The van der Waals surface area contributed by atoms with Gasteiger partial charge in [0.1, 0.15) is 5.75 Å². The molecule has 1 N–H and O–H groups in total. The van der Waals surface area contributed by atoms with Gasteiger partial charge in [-0.1, -0.05) is 36.4 Å². The second kappa shape index (κ2) is 13.5. The van der Waals surface area contributed by atoms with E-state index < -0.39 is 10.0 Å². The molecule has 1 aliphatic heterocycles. The lowest BCUT2D eigenvalue weighted by atomic mass is 10.1. The van der Waals surface area contributed by atoms with Crippen LogP contribution in [-0.4, -0.2) is 77.7 Å². The van der Waals surface area contributed by atoms with Crippen LogP contribution >= 0.6 is 0 Å². The molecule has 10 heteroatoms. The van der Waals surface area contributed by atoms with Gasteiger partial charge in [-0.3, -0.25) is 9.69 Å². The highest BCUT2D eigenvalue weighted by Crippen LogP contribution is 2.27. The maximum absolute atomic E-state index is 12.7. The Labute approximate surface area is 230 Å². The highest BCUT2D eigenvalue weighted by molar-refractivity contribution is 7.89. The van der Waals surface area contributed by atoms with Gasteiger partial charge >= 0.3 is 0 Å². The van der Waals surface area contributed by atoms with Crippen molar-refractivity contribution in [3.05, 3.63) is 83.9 Å². The van der Waals surface area contributed by atoms with Crippen LogP contribution in [0, 0.1) is 0 Å². The van der Waals surface area contributed by atoms with E-state index in [1.165, 1.54) is 17.7 Å². The smallest absolute Gasteiger partial charge is 0.260 e. The summed E-state index contributed by atoms with van der Waals surface area (Å²) in [5.41, 5.74) is 2.18. The van der Waals surface area contributed by atoms with Gasteiger partial charge in [0.15, 0.2) is 18.1 Å². The zero-order valence-corrected chi connectivity index (χ0v) is 23.2. The Balaban J connectivity index is 1.20. The number of carbonyl (C=O) groups excluding carboxylic acids is 1. The second-order valence-corrected chi connectivity index (χ2v) is 11.0. The van der Waals surface area contributed by atoms with Crippen LogP contribution in [0.1, 0.15) is 11.1 Å². The third-order valence-electron chi connectivity index (χ3n) is 6.62. The number of methoxy groups -OCH3 is 2. The average molecular weight is 554 g/mol. The predicted octanol–water partition coefficient (Wildman–Crippen LogP) is 2.95. The summed E-state index contributed by atoms with van der Waals surface area (Å²) in [6.07, 6.45) is 0.489. The van der Waals surface area contributed by atoms with Gasteiger partial charge in [-0.05, 0) is 53.9 Å². The van der Waals surface area contributed by atoms with Crippen LogP contribution in [0.4, 0.5) is 0 Å². The first-order valence-corrected chi connectivity index (χ1v) is 14.3. The molecule has 1 aliphatic rings. The number of ether oxygens (including phenoxy) is 3. The van der Waals surface area contributed by atoms with Crippen LogP contribution < -0.4 is 18.9 Å². The Kier molecular flexibility index (Phi) is 9.80. The monoisotopic (exact) mass is 553 g/mol. The van der Waals surface area contributed by atoms with Crippen molar-refractivity contribution in [1.82, 2.24) is 14.5 Å². The number of nitrogens with zero attached hydrogens (tertiary/aromatic N) is 2. The van der Waals surface area contributed by atoms with E-state index in [9.17, 15) is 13.2 Å². The highest BCUT2D eigenvalue weighted by atomic mass is 32.2. The summed E-state index contributed by atoms with van der Waals surface area (Å²) in [6, 6.07) is 21.9. The van der Waals surface area contributed by atoms with Gasteiger partial charge in [-0.2, -0.15) is 0 Å². The fraction of sp³-hybridized carbons (Fsp3) is 0.345. The van der Waals surface area contributed by atoms with Crippen molar-refractivity contribution < 1.29 is 27.4 Å². The minimum absolute atomic E-state index is 0.0807. The van der Waals surface area contributed by atoms with Crippen LogP contribution in [0.2, 0.25) is 0 Å². The van der Waals surface area contributed by atoms with Crippen LogP contribution in [0.15, 0.2) is 77.7 Å². The first kappa shape index (κ1) is 28.4. The number of sulfonamides is 1. The maximum Gasteiger partial charge on any atom is 0.260 e. The van der Waals surface area contributed by atoms with Crippen molar-refractivity contribution in [3.8, 4) is 17.2 Å². The molecule has 0 atom stereocenters. The van der Waals surface area contributed by atoms with Crippen molar-refractivity contribution >= 4 is 15.9 Å². The minimum Gasteiger partial charge on any atom is -0.493 e. The van der Waals surface area contributed by atoms with Crippen molar-refractivity contribution in [1.29, 1.82) is 0 Å². The summed E-state index contributed by atoms with van der Waals surface area (Å²) >= 11 is 0. The van der Waals surface area contributed by atoms with Crippen molar-refractivity contribution in [2.45, 2.75) is 17.9 Å². The van der Waals surface area contributed by atoms with Crippen LogP contribution in [0.5, 0.6) is 17.2 Å². The molecule has 3 aromatic carbocycles. The van der Waals surface area contributed by atoms with Gasteiger partial charge < -0.3 is 19.1 Å². The van der Waals surface area contributed by atoms with Gasteiger partial charge in [0, 0.05) is 39.3 Å². The molecule has 1 heterocycles. The lowest BCUT2D eigenvalue weighted by Crippen LogP contribution is -2.49. The summed E-state index contributed by atoms with van der Waals surface area (Å²) in [7, 11) is -0.571. The van der Waals surface area contributed by atoms with E-state index >= 15 is 0 Å². The van der Waals surface area contributed by atoms with Gasteiger partial charge in [-0.25, -0.2) is 13.1 Å². The van der Waals surface area contributed by atoms with Crippen LogP contribution in [0.25, 0.3) is 0 Å². The summed E-state index contributed by atoms with van der Waals surface area (Å²) in [5, 5.41) is 0. The molecule has 1 fully saturated rings. The normalized spacial score (nSPS) is 14.2. The summed E-state index contributed by atoms with van der Waals surface area (Å²) in [6.45, 7) is 3.94. The molecule has 4 rings (SSSR count). The van der Waals surface area contributed by atoms with E-state index in [1.54, 1.807) is 32.4 Å². The van der Waals surface area contributed by atoms with Gasteiger partial charge in [0.2, 0.25) is 10.0 Å². The number of carbonyl (C=O) groups is 1. The number of piperazine rings is 1. The minimum atomic E-state index is -3.69. The maximum atomic E-state index is 12.7. The molecular weight excluding hydrogens is 518 g/mol. The topological polar surface area (TPSA) is 97.4 Å². The van der Waals surface area contributed by atoms with Gasteiger partial charge in [0.25, 0.3) is 5.91 Å². The van der Waals surface area contributed by atoms with E-state index in [0.717, 1.165) is 25.2 Å². The molecule has 0 spiro atoms. The van der Waals surface area contributed by atoms with Crippen molar-refractivity contribution in [3.63, 3.8) is 0 Å². The largest absolute Gasteiger partial charge is 0.493 e. The molecule has 0 radical (unpaired) electrons. The molecule has 39 heavy (non-hydrogen) atoms. The molecule has 0 bridgehead atoms. The number of benzene rings is 3. The van der Waals surface area contributed by atoms with Crippen LogP contribution in [0.3, 0.4) is 0 Å². The van der Waals surface area contributed by atoms with Gasteiger partial charge in [-0.15, -0.1) is 0 Å². The standard InChI is InChI=1S/C29H35N3O6S/c1-36-27-13-8-23(20-28(27)37-2)14-15-30-39(34,35)26-11-9-25(10-12-26)38-22-29(33)32-18-16-31(17-19-32)21-24-6-4-3-5-7-24/h3-13,20,30H,14-19,21-22H2,1-2H3. The Morgan fingerprint density at radius 1 is 0.846 bits per heavy atom. The number of hydrogen-bond donors (Lipinski definition) is 1. The van der Waals surface area contributed by atoms with Crippen LogP contribution in [-0.2, 0) is 27.8 Å². The van der Waals surface area contributed by atoms with E-state index in [4.69, 9.17) is 14.2 Å². The molecule has 1 amide bonds. The molecule has 208 valence electrons. The summed E-state index contributed by atoms with van der Waals surface area (Å²) in [5.74, 6) is 1.57. The number of rotatable bonds is 12. The number of nitrogens with one attached hydrogen (secondary N) is 1. The Morgan fingerprint density at radius 3 is 2.21 bits per heavy atom. The zero-order valence-electron chi connectivity index (χ0n) is 22.3. The number of hydrogen-bond acceptors (Lipinski definition) is 7. The third kappa shape index (κ3) is 7.95. The first-order chi connectivity index (χ1) is 18.9. The van der Waals surface area contributed by atoms with Gasteiger partial charge in [0.05, 0.1) is 19.1 Å². The van der Waals surface area contributed by atoms with Crippen molar-refractivity contribution in [2.75, 3.05) is 53.6 Å². The molecule has 9 nitrogen and oxygen atoms in total. The predicted molar refractivity (Wildman–Crippen MR) is 149 cm³/mol. The second-order valence-electron chi connectivity index (χ2n) is 9.24. The quantitative estimate of drug-likeness (QED) is 0.368. The molecule has 3 aromatic rings. The zero-order chi connectivity index (χ0) is 27.7. The molecular formula is C29H35N3O6S. The molecule has 1 saturated heterocycles. The summed E-state index contributed by atoms with van der Waals surface area (Å²) < 4.78 is 44.2. The lowest BCUT2D eigenvalue weighted by Gasteiger charge is -2.34. The Morgan fingerprint density at radius 2 is 1.54 bits per heavy atom. The highest BCUT2D eigenvalue weighted by Gasteiger charge is 2.21. The van der Waals surface area contributed by atoms with Crippen molar-refractivity contribution in [2.24, 2.45) is 0 Å². The summed E-state index contributed by atoms with van der Waals surface area (Å²) in [4.78, 5) is 16.9. The fourth-order valence-corrected chi connectivity index (χ4v) is 5.43. The van der Waals surface area contributed by atoms with E-state index in [2.05, 4.69) is 21.8 Å². The Hall–Kier alpha value is -3.60. The molecule has 0 unspecified atom stereocenters. The molecule has 0 aliphatic carbocycles. The average Bonchev–Trinajstić information content (AvgIpc) is 2.97. The molecule has 0 aromatic heterocycles. The van der Waals surface area contributed by atoms with E-state index in [0.29, 0.717) is 36.8 Å². The first-order valence-electron chi connectivity index (χ1n) is 12.9. The fourth-order valence-electron chi connectivity index (χ4n) is 4.40. The number of amides is 1.